The highest BCUT2D eigenvalue weighted by molar-refractivity contribution is 9.11. The van der Waals surface area contributed by atoms with Crippen LogP contribution in [0.4, 0.5) is 0 Å². The summed E-state index contributed by atoms with van der Waals surface area (Å²) in [6.07, 6.45) is 1.59. The third-order valence-corrected chi connectivity index (χ3v) is 3.33. The lowest BCUT2D eigenvalue weighted by atomic mass is 10.2. The lowest BCUT2D eigenvalue weighted by molar-refractivity contribution is -0.139. The number of carboxylic acid groups (broad SMARTS) is 1. The molecule has 1 aromatic rings. The maximum atomic E-state index is 11.3. The number of nitrogens with zero attached hydrogens (tertiary/aromatic N) is 2. The number of aromatic nitrogens is 1. The smallest absolute Gasteiger partial charge is 0.327 e. The van der Waals surface area contributed by atoms with Crippen molar-refractivity contribution in [2.24, 2.45) is 0 Å². The second-order valence-corrected chi connectivity index (χ2v) is 5.82. The zero-order valence-corrected chi connectivity index (χ0v) is 13.3. The molecular weight excluding hydrogens is 366 g/mol. The van der Waals surface area contributed by atoms with Crippen LogP contribution in [0, 0.1) is 0 Å². The third-order valence-electron chi connectivity index (χ3n) is 2.26. The van der Waals surface area contributed by atoms with E-state index in [9.17, 15) is 9.90 Å². The maximum absolute atomic E-state index is 11.3. The summed E-state index contributed by atoms with van der Waals surface area (Å²) in [4.78, 5) is 17.4. The van der Waals surface area contributed by atoms with Gasteiger partial charge in [-0.2, -0.15) is 0 Å². The van der Waals surface area contributed by atoms with Crippen LogP contribution in [-0.2, 0) is 4.79 Å². The Morgan fingerprint density at radius 1 is 1.56 bits per heavy atom. The number of hydrogen-bond acceptors (Lipinski definition) is 4. The Balaban J connectivity index is 2.81. The van der Waals surface area contributed by atoms with Gasteiger partial charge in [-0.15, -0.1) is 0 Å². The molecule has 1 unspecified atom stereocenters. The van der Waals surface area contributed by atoms with Crippen molar-refractivity contribution in [3.63, 3.8) is 0 Å². The van der Waals surface area contributed by atoms with Crippen molar-refractivity contribution in [1.29, 1.82) is 0 Å². The molecule has 18 heavy (non-hydrogen) atoms. The molecule has 0 amide bonds. The highest BCUT2D eigenvalue weighted by Gasteiger charge is 2.23. The van der Waals surface area contributed by atoms with Crippen molar-refractivity contribution >= 4 is 37.8 Å². The third kappa shape index (κ3) is 4.64. The van der Waals surface area contributed by atoms with Crippen LogP contribution in [0.1, 0.15) is 11.7 Å². The molecule has 0 saturated carbocycles. The van der Waals surface area contributed by atoms with Crippen LogP contribution in [0.25, 0.3) is 0 Å². The van der Waals surface area contributed by atoms with Crippen LogP contribution in [0.15, 0.2) is 21.2 Å². The van der Waals surface area contributed by atoms with Crippen molar-refractivity contribution < 1.29 is 9.90 Å². The van der Waals surface area contributed by atoms with Crippen molar-refractivity contribution in [2.75, 3.05) is 27.2 Å². The molecule has 1 atom stereocenters. The summed E-state index contributed by atoms with van der Waals surface area (Å²) in [5, 5.41) is 12.2. The highest BCUT2D eigenvalue weighted by atomic mass is 79.9. The van der Waals surface area contributed by atoms with Crippen LogP contribution in [0.5, 0.6) is 0 Å². The summed E-state index contributed by atoms with van der Waals surface area (Å²) in [6, 6.07) is 0.971. The largest absolute Gasteiger partial charge is 0.480 e. The van der Waals surface area contributed by atoms with E-state index >= 15 is 0 Å². The maximum Gasteiger partial charge on any atom is 0.327 e. The van der Waals surface area contributed by atoms with E-state index in [4.69, 9.17) is 0 Å². The van der Waals surface area contributed by atoms with Gasteiger partial charge in [0, 0.05) is 28.2 Å². The molecule has 0 aliphatic carbocycles. The van der Waals surface area contributed by atoms with Crippen LogP contribution in [0.2, 0.25) is 0 Å². The van der Waals surface area contributed by atoms with Gasteiger partial charge in [-0.3, -0.25) is 15.1 Å². The van der Waals surface area contributed by atoms with E-state index in [1.165, 1.54) is 0 Å². The molecule has 1 rings (SSSR count). The number of aliphatic carboxylic acids is 1. The predicted octanol–water partition coefficient (Wildman–Crippen LogP) is 1.88. The molecule has 7 heteroatoms. The number of nitrogens with one attached hydrogen (secondary N) is 1. The van der Waals surface area contributed by atoms with Crippen LogP contribution >= 0.6 is 31.9 Å². The van der Waals surface area contributed by atoms with E-state index in [-0.39, 0.29) is 0 Å². The normalized spacial score (nSPS) is 12.7. The molecule has 0 aromatic carbocycles. The molecular formula is C11H15Br2N3O2. The summed E-state index contributed by atoms with van der Waals surface area (Å²) in [6.45, 7) is 1.34. The fraction of sp³-hybridized carbons (Fsp3) is 0.455. The first-order valence-electron chi connectivity index (χ1n) is 5.33. The number of halogens is 2. The lowest BCUT2D eigenvalue weighted by Crippen LogP contribution is -2.34. The molecule has 0 spiro atoms. The zero-order chi connectivity index (χ0) is 13.7. The Kier molecular flexibility index (Phi) is 6.20. The summed E-state index contributed by atoms with van der Waals surface area (Å²) in [5.74, 6) is -0.940. The van der Waals surface area contributed by atoms with Gasteiger partial charge in [0.2, 0.25) is 0 Å². The summed E-state index contributed by atoms with van der Waals surface area (Å²) >= 11 is 6.62. The van der Waals surface area contributed by atoms with Crippen molar-refractivity contribution in [3.05, 3.63) is 26.9 Å². The first-order valence-corrected chi connectivity index (χ1v) is 6.92. The second kappa shape index (κ2) is 7.18. The summed E-state index contributed by atoms with van der Waals surface area (Å²) in [7, 11) is 3.87. The number of pyridine rings is 1. The fourth-order valence-corrected chi connectivity index (χ4v) is 2.59. The van der Waals surface area contributed by atoms with Gasteiger partial charge in [0.05, 0.1) is 5.69 Å². The van der Waals surface area contributed by atoms with Gasteiger partial charge < -0.3 is 10.0 Å². The quantitative estimate of drug-likeness (QED) is 0.788. The van der Waals surface area contributed by atoms with Gasteiger partial charge in [-0.25, -0.2) is 0 Å². The average molecular weight is 381 g/mol. The Labute approximate surface area is 123 Å². The highest BCUT2D eigenvalue weighted by Crippen LogP contribution is 2.24. The predicted molar refractivity (Wildman–Crippen MR) is 76.6 cm³/mol. The molecule has 0 bridgehead atoms. The molecule has 0 fully saturated rings. The van der Waals surface area contributed by atoms with Gasteiger partial charge in [-0.1, -0.05) is 0 Å². The van der Waals surface area contributed by atoms with E-state index < -0.39 is 12.0 Å². The van der Waals surface area contributed by atoms with Crippen LogP contribution in [0.3, 0.4) is 0 Å². The number of hydrogen-bond donors (Lipinski definition) is 2. The molecule has 0 aliphatic heterocycles. The summed E-state index contributed by atoms with van der Waals surface area (Å²) in [5.41, 5.74) is 0.476. The van der Waals surface area contributed by atoms with Gasteiger partial charge in [-0.05, 0) is 52.0 Å². The molecule has 0 radical (unpaired) electrons. The molecule has 5 nitrogen and oxygen atoms in total. The molecule has 1 heterocycles. The fourth-order valence-electron chi connectivity index (χ4n) is 1.37. The zero-order valence-electron chi connectivity index (χ0n) is 10.2. The van der Waals surface area contributed by atoms with Gasteiger partial charge in [0.15, 0.2) is 0 Å². The van der Waals surface area contributed by atoms with E-state index in [0.29, 0.717) is 16.7 Å². The number of likely N-dealkylation sites (N-methyl/N-ethyl adjacent to an activating group) is 1. The topological polar surface area (TPSA) is 65.5 Å². The summed E-state index contributed by atoms with van der Waals surface area (Å²) < 4.78 is 1.47. The second-order valence-electron chi connectivity index (χ2n) is 4.05. The van der Waals surface area contributed by atoms with Gasteiger partial charge >= 0.3 is 5.97 Å². The van der Waals surface area contributed by atoms with Crippen molar-refractivity contribution in [2.45, 2.75) is 6.04 Å². The van der Waals surface area contributed by atoms with E-state index in [1.54, 1.807) is 12.3 Å². The van der Waals surface area contributed by atoms with Gasteiger partial charge in [0.25, 0.3) is 0 Å². The molecule has 1 aromatic heterocycles. The van der Waals surface area contributed by atoms with Gasteiger partial charge in [0.1, 0.15) is 6.04 Å². The average Bonchev–Trinajstić information content (AvgIpc) is 2.25. The van der Waals surface area contributed by atoms with Crippen molar-refractivity contribution in [1.82, 2.24) is 15.2 Å². The monoisotopic (exact) mass is 379 g/mol. The van der Waals surface area contributed by atoms with E-state index in [0.717, 1.165) is 11.0 Å². The molecule has 0 saturated heterocycles. The standard InChI is InChI=1S/C11H15Br2N3O2/c1-16(2)4-3-14-10(11(17)18)9-8(13)5-7(12)6-15-9/h5-6,10,14H,3-4H2,1-2H3,(H,17,18). The number of carbonyl (C=O) groups is 1. The minimum atomic E-state index is -0.940. The Morgan fingerprint density at radius 2 is 2.22 bits per heavy atom. The Morgan fingerprint density at radius 3 is 2.72 bits per heavy atom. The van der Waals surface area contributed by atoms with Crippen LogP contribution in [-0.4, -0.2) is 48.1 Å². The minimum Gasteiger partial charge on any atom is -0.480 e. The SMILES string of the molecule is CN(C)CCNC(C(=O)O)c1ncc(Br)cc1Br. The molecule has 100 valence electrons. The van der Waals surface area contributed by atoms with Crippen molar-refractivity contribution in [3.8, 4) is 0 Å². The Bertz CT molecular complexity index is 427. The van der Waals surface area contributed by atoms with E-state index in [1.807, 2.05) is 19.0 Å². The number of carboxylic acids is 1. The van der Waals surface area contributed by atoms with E-state index in [2.05, 4.69) is 42.2 Å². The molecule has 0 aliphatic rings. The first-order chi connectivity index (χ1) is 8.41. The first kappa shape index (κ1) is 15.6. The minimum absolute atomic E-state index is 0.476. The number of rotatable bonds is 6. The Hall–Kier alpha value is -0.500. The lowest BCUT2D eigenvalue weighted by Gasteiger charge is -2.17. The molecule has 2 N–H and O–H groups in total. The van der Waals surface area contributed by atoms with Crippen LogP contribution < -0.4 is 5.32 Å².